The van der Waals surface area contributed by atoms with Gasteiger partial charge in [-0.1, -0.05) is 25.0 Å². The summed E-state index contributed by atoms with van der Waals surface area (Å²) in [6.45, 7) is 0. The van der Waals surface area contributed by atoms with Crippen molar-refractivity contribution in [1.29, 1.82) is 0 Å². The van der Waals surface area contributed by atoms with Crippen LogP contribution in [0.2, 0.25) is 0 Å². The van der Waals surface area contributed by atoms with Crippen molar-refractivity contribution in [3.05, 3.63) is 29.3 Å². The Morgan fingerprint density at radius 3 is 2.74 bits per heavy atom. The minimum Gasteiger partial charge on any atom is -0.382 e. The molecular formula is C13H17N3O2S. The SMILES string of the molecule is NC1=NS(=O)(=O)Cc2cccc(NC3CCCC3)c21. The third-order valence-electron chi connectivity index (χ3n) is 3.70. The second-order valence-corrected chi connectivity index (χ2v) is 6.80. The number of anilines is 1. The van der Waals surface area contributed by atoms with Crippen molar-refractivity contribution in [1.82, 2.24) is 0 Å². The number of nitrogens with zero attached hydrogens (tertiary/aromatic N) is 1. The molecule has 6 heteroatoms. The van der Waals surface area contributed by atoms with Crippen LogP contribution in [0, 0.1) is 0 Å². The van der Waals surface area contributed by atoms with Gasteiger partial charge in [-0.25, -0.2) is 8.42 Å². The zero-order chi connectivity index (χ0) is 13.5. The summed E-state index contributed by atoms with van der Waals surface area (Å²) < 4.78 is 26.8. The summed E-state index contributed by atoms with van der Waals surface area (Å²) in [4.78, 5) is 0. The Labute approximate surface area is 113 Å². The fraction of sp³-hybridized carbons (Fsp3) is 0.462. The quantitative estimate of drug-likeness (QED) is 0.861. The van der Waals surface area contributed by atoms with Gasteiger partial charge in [-0.15, -0.1) is 4.40 Å². The van der Waals surface area contributed by atoms with Gasteiger partial charge in [0, 0.05) is 17.3 Å². The number of hydrogen-bond acceptors (Lipinski definition) is 4. The summed E-state index contributed by atoms with van der Waals surface area (Å²) >= 11 is 0. The van der Waals surface area contributed by atoms with Crippen LogP contribution in [0.4, 0.5) is 5.69 Å². The third-order valence-corrected chi connectivity index (χ3v) is 4.85. The number of nitrogens with two attached hydrogens (primary N) is 1. The summed E-state index contributed by atoms with van der Waals surface area (Å²) in [5.41, 5.74) is 8.22. The molecule has 5 nitrogen and oxygen atoms in total. The number of nitrogens with one attached hydrogen (secondary N) is 1. The molecule has 1 fully saturated rings. The Hall–Kier alpha value is -1.56. The maximum Gasteiger partial charge on any atom is 0.259 e. The molecule has 102 valence electrons. The van der Waals surface area contributed by atoms with Gasteiger partial charge in [0.1, 0.15) is 5.84 Å². The summed E-state index contributed by atoms with van der Waals surface area (Å²) in [6, 6.07) is 6.06. The highest BCUT2D eigenvalue weighted by Crippen LogP contribution is 2.29. The fourth-order valence-corrected chi connectivity index (χ4v) is 3.95. The van der Waals surface area contributed by atoms with E-state index in [1.807, 2.05) is 12.1 Å². The summed E-state index contributed by atoms with van der Waals surface area (Å²) in [5.74, 6) is 0.0331. The third kappa shape index (κ3) is 2.45. The van der Waals surface area contributed by atoms with Gasteiger partial charge in [0.15, 0.2) is 0 Å². The van der Waals surface area contributed by atoms with E-state index in [-0.39, 0.29) is 11.6 Å². The molecule has 1 aliphatic carbocycles. The van der Waals surface area contributed by atoms with E-state index in [0.717, 1.165) is 29.7 Å². The molecule has 1 heterocycles. The molecule has 0 unspecified atom stereocenters. The molecule has 2 aliphatic rings. The van der Waals surface area contributed by atoms with Gasteiger partial charge < -0.3 is 11.1 Å². The van der Waals surface area contributed by atoms with E-state index in [1.54, 1.807) is 6.07 Å². The minimum atomic E-state index is -3.45. The Morgan fingerprint density at radius 2 is 2.00 bits per heavy atom. The van der Waals surface area contributed by atoms with Gasteiger partial charge in [-0.2, -0.15) is 0 Å². The number of sulfonamides is 1. The van der Waals surface area contributed by atoms with Crippen LogP contribution in [0.15, 0.2) is 22.6 Å². The number of fused-ring (bicyclic) bond motifs is 1. The lowest BCUT2D eigenvalue weighted by molar-refractivity contribution is 0.596. The Balaban J connectivity index is 1.99. The number of amidine groups is 1. The van der Waals surface area contributed by atoms with Crippen molar-refractivity contribution in [2.75, 3.05) is 5.32 Å². The largest absolute Gasteiger partial charge is 0.382 e. The van der Waals surface area contributed by atoms with Crippen molar-refractivity contribution in [3.63, 3.8) is 0 Å². The lowest BCUT2D eigenvalue weighted by Gasteiger charge is -2.21. The molecule has 1 aromatic carbocycles. The van der Waals surface area contributed by atoms with Gasteiger partial charge in [0.2, 0.25) is 0 Å². The Morgan fingerprint density at radius 1 is 1.26 bits per heavy atom. The maximum atomic E-state index is 11.6. The van der Waals surface area contributed by atoms with Gasteiger partial charge in [0.05, 0.1) is 5.75 Å². The first-order valence-corrected chi connectivity index (χ1v) is 8.13. The highest BCUT2D eigenvalue weighted by atomic mass is 32.2. The smallest absolute Gasteiger partial charge is 0.259 e. The Bertz CT molecular complexity index is 631. The molecule has 0 saturated heterocycles. The van der Waals surface area contributed by atoms with Crippen LogP contribution in [0.3, 0.4) is 0 Å². The van der Waals surface area contributed by atoms with Gasteiger partial charge in [0.25, 0.3) is 10.0 Å². The average Bonchev–Trinajstić information content (AvgIpc) is 2.79. The number of rotatable bonds is 2. The van der Waals surface area contributed by atoms with Crippen LogP contribution < -0.4 is 11.1 Å². The van der Waals surface area contributed by atoms with E-state index < -0.39 is 10.0 Å². The van der Waals surface area contributed by atoms with E-state index in [0.29, 0.717) is 6.04 Å². The van der Waals surface area contributed by atoms with Crippen LogP contribution in [0.25, 0.3) is 0 Å². The van der Waals surface area contributed by atoms with Crippen LogP contribution in [0.1, 0.15) is 36.8 Å². The molecule has 1 aliphatic heterocycles. The van der Waals surface area contributed by atoms with Crippen molar-refractivity contribution in [2.45, 2.75) is 37.5 Å². The lowest BCUT2D eigenvalue weighted by atomic mass is 10.0. The van der Waals surface area contributed by atoms with Crippen molar-refractivity contribution >= 4 is 21.5 Å². The van der Waals surface area contributed by atoms with E-state index in [9.17, 15) is 8.42 Å². The second kappa shape index (κ2) is 4.52. The van der Waals surface area contributed by atoms with Crippen LogP contribution in [-0.4, -0.2) is 20.3 Å². The van der Waals surface area contributed by atoms with Crippen LogP contribution >= 0.6 is 0 Å². The van der Waals surface area contributed by atoms with Crippen molar-refractivity contribution in [2.24, 2.45) is 10.1 Å². The molecule has 0 radical (unpaired) electrons. The van der Waals surface area contributed by atoms with E-state index in [2.05, 4.69) is 9.71 Å². The lowest BCUT2D eigenvalue weighted by Crippen LogP contribution is -2.26. The first-order valence-electron chi connectivity index (χ1n) is 6.52. The maximum absolute atomic E-state index is 11.6. The molecule has 0 atom stereocenters. The highest BCUT2D eigenvalue weighted by molar-refractivity contribution is 7.89. The van der Waals surface area contributed by atoms with E-state index in [4.69, 9.17) is 5.73 Å². The first kappa shape index (κ1) is 12.5. The normalized spacial score (nSPS) is 21.8. The van der Waals surface area contributed by atoms with Crippen molar-refractivity contribution in [3.8, 4) is 0 Å². The predicted molar refractivity (Wildman–Crippen MR) is 75.7 cm³/mol. The molecule has 3 N–H and O–H groups in total. The molecule has 19 heavy (non-hydrogen) atoms. The summed E-state index contributed by atoms with van der Waals surface area (Å²) in [6.07, 6.45) is 4.79. The number of benzene rings is 1. The molecular weight excluding hydrogens is 262 g/mol. The van der Waals surface area contributed by atoms with E-state index >= 15 is 0 Å². The second-order valence-electron chi connectivity index (χ2n) is 5.17. The molecule has 0 spiro atoms. The van der Waals surface area contributed by atoms with Gasteiger partial charge >= 0.3 is 0 Å². The monoisotopic (exact) mass is 279 g/mol. The number of hydrogen-bond donors (Lipinski definition) is 2. The highest BCUT2D eigenvalue weighted by Gasteiger charge is 2.25. The topological polar surface area (TPSA) is 84.5 Å². The van der Waals surface area contributed by atoms with Gasteiger partial charge in [-0.05, 0) is 24.5 Å². The fourth-order valence-electron chi connectivity index (χ4n) is 2.86. The first-order chi connectivity index (χ1) is 9.05. The minimum absolute atomic E-state index is 0.0663. The zero-order valence-electron chi connectivity index (χ0n) is 10.6. The zero-order valence-corrected chi connectivity index (χ0v) is 11.4. The standard InChI is InChI=1S/C13H17N3O2S/c14-13-12-9(8-19(17,18)16-13)4-3-7-11(12)15-10-5-1-2-6-10/h3-4,7,10,15H,1-2,5-6,8H2,(H2,14,16). The predicted octanol–water partition coefficient (Wildman–Crippen LogP) is 1.59. The van der Waals surface area contributed by atoms with Crippen molar-refractivity contribution < 1.29 is 8.42 Å². The molecule has 3 rings (SSSR count). The van der Waals surface area contributed by atoms with Crippen LogP contribution in [-0.2, 0) is 15.8 Å². The van der Waals surface area contributed by atoms with Crippen LogP contribution in [0.5, 0.6) is 0 Å². The molecule has 0 amide bonds. The average molecular weight is 279 g/mol. The summed E-state index contributed by atoms with van der Waals surface area (Å²) in [7, 11) is -3.45. The molecule has 1 aromatic rings. The molecule has 1 saturated carbocycles. The Kier molecular flexibility index (Phi) is 2.97. The summed E-state index contributed by atoms with van der Waals surface area (Å²) in [5, 5.41) is 3.47. The van der Waals surface area contributed by atoms with Gasteiger partial charge in [-0.3, -0.25) is 0 Å². The molecule has 0 aromatic heterocycles. The molecule has 0 bridgehead atoms. The van der Waals surface area contributed by atoms with E-state index in [1.165, 1.54) is 12.8 Å².